The van der Waals surface area contributed by atoms with E-state index in [1.807, 2.05) is 13.8 Å². The maximum Gasteiger partial charge on any atom is 0.237 e. The lowest BCUT2D eigenvalue weighted by atomic mass is 9.98. The smallest absolute Gasteiger partial charge is 0.237 e. The van der Waals surface area contributed by atoms with Gasteiger partial charge < -0.3 is 15.8 Å². The van der Waals surface area contributed by atoms with Gasteiger partial charge in [0.1, 0.15) is 0 Å². The summed E-state index contributed by atoms with van der Waals surface area (Å²) >= 11 is 0. The molecule has 82 valence electrons. The van der Waals surface area contributed by atoms with E-state index in [9.17, 15) is 4.79 Å². The molecule has 2 atom stereocenters. The Balaban J connectivity index is 2.36. The Kier molecular flexibility index (Phi) is 3.89. The average Bonchev–Trinajstić information content (AvgIpc) is 2.66. The first-order valence-electron chi connectivity index (χ1n) is 5.25. The first kappa shape index (κ1) is 11.5. The monoisotopic (exact) mass is 200 g/mol. The van der Waals surface area contributed by atoms with Crippen molar-refractivity contribution in [3.8, 4) is 0 Å². The van der Waals surface area contributed by atoms with Crippen LogP contribution in [0.1, 0.15) is 33.1 Å². The van der Waals surface area contributed by atoms with Crippen LogP contribution in [0.15, 0.2) is 0 Å². The van der Waals surface area contributed by atoms with Crippen LogP contribution in [0.5, 0.6) is 0 Å². The normalized spacial score (nSPS) is 26.0. The molecule has 1 saturated heterocycles. The van der Waals surface area contributed by atoms with Gasteiger partial charge in [0.25, 0.3) is 0 Å². The maximum atomic E-state index is 11.2. The fraction of sp³-hybridized carbons (Fsp3) is 0.900. The maximum absolute atomic E-state index is 11.2. The zero-order valence-corrected chi connectivity index (χ0v) is 9.01. The van der Waals surface area contributed by atoms with Gasteiger partial charge in [-0.15, -0.1) is 0 Å². The van der Waals surface area contributed by atoms with Crippen LogP contribution in [-0.4, -0.2) is 30.7 Å². The van der Waals surface area contributed by atoms with Gasteiger partial charge >= 0.3 is 0 Å². The Bertz CT molecular complexity index is 202. The third-order valence-corrected chi connectivity index (χ3v) is 2.99. The van der Waals surface area contributed by atoms with E-state index >= 15 is 0 Å². The summed E-state index contributed by atoms with van der Waals surface area (Å²) < 4.78 is 5.46. The number of amides is 1. The van der Waals surface area contributed by atoms with E-state index in [1.165, 1.54) is 0 Å². The van der Waals surface area contributed by atoms with Crippen molar-refractivity contribution in [2.75, 3.05) is 13.2 Å². The number of carbonyl (C=O) groups is 1. The summed E-state index contributed by atoms with van der Waals surface area (Å²) in [6.45, 7) is 5.34. The number of primary amides is 1. The van der Waals surface area contributed by atoms with Gasteiger partial charge in [-0.25, -0.2) is 0 Å². The lowest BCUT2D eigenvalue weighted by Crippen LogP contribution is -2.54. The molecule has 4 nitrogen and oxygen atoms in total. The second-order valence-corrected chi connectivity index (χ2v) is 4.07. The van der Waals surface area contributed by atoms with Gasteiger partial charge in [-0.1, -0.05) is 6.92 Å². The summed E-state index contributed by atoms with van der Waals surface area (Å²) in [6.07, 6.45) is 3.15. The molecule has 0 aliphatic carbocycles. The fourth-order valence-corrected chi connectivity index (χ4v) is 1.53. The Labute approximate surface area is 85.2 Å². The van der Waals surface area contributed by atoms with E-state index in [4.69, 9.17) is 10.5 Å². The van der Waals surface area contributed by atoms with Crippen molar-refractivity contribution < 1.29 is 9.53 Å². The molecule has 0 aromatic heterocycles. The highest BCUT2D eigenvalue weighted by molar-refractivity contribution is 5.84. The summed E-state index contributed by atoms with van der Waals surface area (Å²) in [5, 5.41) is 3.19. The lowest BCUT2D eigenvalue weighted by molar-refractivity contribution is -0.124. The van der Waals surface area contributed by atoms with E-state index < -0.39 is 5.54 Å². The number of carbonyl (C=O) groups excluding carboxylic acids is 1. The second-order valence-electron chi connectivity index (χ2n) is 4.07. The molecule has 0 bridgehead atoms. The summed E-state index contributed by atoms with van der Waals surface area (Å²) in [4.78, 5) is 11.2. The summed E-state index contributed by atoms with van der Waals surface area (Å²) in [5.41, 5.74) is 4.73. The first-order valence-corrected chi connectivity index (χ1v) is 5.25. The van der Waals surface area contributed by atoms with Crippen LogP contribution >= 0.6 is 0 Å². The minimum absolute atomic E-state index is 0.250. The second kappa shape index (κ2) is 4.75. The Morgan fingerprint density at radius 1 is 1.71 bits per heavy atom. The SMILES string of the molecule is CCC(C)(NCC1CCCO1)C(N)=O. The van der Waals surface area contributed by atoms with E-state index in [0.29, 0.717) is 13.0 Å². The van der Waals surface area contributed by atoms with Gasteiger partial charge in [-0.05, 0) is 26.2 Å². The number of hydrogen-bond donors (Lipinski definition) is 2. The number of nitrogens with one attached hydrogen (secondary N) is 1. The largest absolute Gasteiger partial charge is 0.377 e. The van der Waals surface area contributed by atoms with Crippen molar-refractivity contribution in [3.63, 3.8) is 0 Å². The van der Waals surface area contributed by atoms with Crippen LogP contribution in [0.3, 0.4) is 0 Å². The number of rotatable bonds is 5. The van der Waals surface area contributed by atoms with Gasteiger partial charge in [-0.3, -0.25) is 4.79 Å². The molecular formula is C10H20N2O2. The van der Waals surface area contributed by atoms with Crippen molar-refractivity contribution in [1.82, 2.24) is 5.32 Å². The molecule has 0 saturated carbocycles. The summed E-state index contributed by atoms with van der Waals surface area (Å²) in [6, 6.07) is 0. The molecule has 2 unspecified atom stereocenters. The highest BCUT2D eigenvalue weighted by Crippen LogP contribution is 2.13. The molecule has 4 heteroatoms. The Morgan fingerprint density at radius 3 is 2.86 bits per heavy atom. The quantitative estimate of drug-likeness (QED) is 0.675. The van der Waals surface area contributed by atoms with Crippen LogP contribution in [0.25, 0.3) is 0 Å². The van der Waals surface area contributed by atoms with E-state index in [2.05, 4.69) is 5.32 Å². The predicted molar refractivity (Wildman–Crippen MR) is 54.9 cm³/mol. The van der Waals surface area contributed by atoms with Crippen LogP contribution in [0.2, 0.25) is 0 Å². The number of ether oxygens (including phenoxy) is 1. The fourth-order valence-electron chi connectivity index (χ4n) is 1.53. The average molecular weight is 200 g/mol. The van der Waals surface area contributed by atoms with Crippen molar-refractivity contribution in [2.24, 2.45) is 5.73 Å². The van der Waals surface area contributed by atoms with Gasteiger partial charge in [0.15, 0.2) is 0 Å². The molecule has 1 aliphatic rings. The Hall–Kier alpha value is -0.610. The van der Waals surface area contributed by atoms with Gasteiger partial charge in [0.2, 0.25) is 5.91 Å². The topological polar surface area (TPSA) is 64.3 Å². The molecule has 0 aromatic rings. The first-order chi connectivity index (χ1) is 6.58. The number of nitrogens with two attached hydrogens (primary N) is 1. The van der Waals surface area contributed by atoms with E-state index in [-0.39, 0.29) is 12.0 Å². The van der Waals surface area contributed by atoms with Crippen LogP contribution in [-0.2, 0) is 9.53 Å². The third-order valence-electron chi connectivity index (χ3n) is 2.99. The Morgan fingerprint density at radius 2 is 2.43 bits per heavy atom. The highest BCUT2D eigenvalue weighted by atomic mass is 16.5. The lowest BCUT2D eigenvalue weighted by Gasteiger charge is -2.27. The van der Waals surface area contributed by atoms with E-state index in [0.717, 1.165) is 19.4 Å². The van der Waals surface area contributed by atoms with Crippen LogP contribution in [0, 0.1) is 0 Å². The molecule has 1 aliphatic heterocycles. The van der Waals surface area contributed by atoms with Crippen molar-refractivity contribution in [1.29, 1.82) is 0 Å². The van der Waals surface area contributed by atoms with Crippen LogP contribution < -0.4 is 11.1 Å². The van der Waals surface area contributed by atoms with Gasteiger partial charge in [-0.2, -0.15) is 0 Å². The van der Waals surface area contributed by atoms with Crippen molar-refractivity contribution in [3.05, 3.63) is 0 Å². The van der Waals surface area contributed by atoms with Crippen LogP contribution in [0.4, 0.5) is 0 Å². The molecule has 1 rings (SSSR count). The highest BCUT2D eigenvalue weighted by Gasteiger charge is 2.29. The van der Waals surface area contributed by atoms with Crippen molar-refractivity contribution in [2.45, 2.75) is 44.8 Å². The molecule has 0 aromatic carbocycles. The molecule has 1 fully saturated rings. The summed E-state index contributed by atoms with van der Waals surface area (Å²) in [5.74, 6) is -0.294. The molecule has 1 heterocycles. The zero-order valence-electron chi connectivity index (χ0n) is 9.01. The van der Waals surface area contributed by atoms with Crippen molar-refractivity contribution >= 4 is 5.91 Å². The minimum Gasteiger partial charge on any atom is -0.377 e. The summed E-state index contributed by atoms with van der Waals surface area (Å²) in [7, 11) is 0. The molecule has 1 amide bonds. The third kappa shape index (κ3) is 2.69. The van der Waals surface area contributed by atoms with Gasteiger partial charge in [0, 0.05) is 13.2 Å². The zero-order chi connectivity index (χ0) is 10.6. The predicted octanol–water partition coefficient (Wildman–Crippen LogP) is 0.409. The standard InChI is InChI=1S/C10H20N2O2/c1-3-10(2,9(11)13)12-7-8-5-4-6-14-8/h8,12H,3-7H2,1-2H3,(H2,11,13). The molecule has 14 heavy (non-hydrogen) atoms. The van der Waals surface area contributed by atoms with E-state index in [1.54, 1.807) is 0 Å². The number of hydrogen-bond acceptors (Lipinski definition) is 3. The molecule has 0 radical (unpaired) electrons. The molecule has 3 N–H and O–H groups in total. The van der Waals surface area contributed by atoms with Gasteiger partial charge in [0.05, 0.1) is 11.6 Å². The molecule has 0 spiro atoms. The minimum atomic E-state index is -0.591. The molecular weight excluding hydrogens is 180 g/mol.